The van der Waals surface area contributed by atoms with E-state index >= 15 is 0 Å². The third-order valence-electron chi connectivity index (χ3n) is 6.30. The summed E-state index contributed by atoms with van der Waals surface area (Å²) in [6, 6.07) is 20.3. The number of piperazine rings is 1. The van der Waals surface area contributed by atoms with Crippen molar-refractivity contribution in [2.45, 2.75) is 19.8 Å². The number of hydrogen-bond donors (Lipinski definition) is 0. The Labute approximate surface area is 199 Å². The lowest BCUT2D eigenvalue weighted by molar-refractivity contribution is 0.0902. The van der Waals surface area contributed by atoms with Gasteiger partial charge in [-0.05, 0) is 50.6 Å². The SMILES string of the molecule is Cc1nc2c(cnn2-c2ccccc2)c(=O)n1OCCCCN1CCN(c2ccccc2)CC1. The van der Waals surface area contributed by atoms with Gasteiger partial charge in [-0.25, -0.2) is 9.67 Å². The number of anilines is 1. The maximum absolute atomic E-state index is 13.0. The number of nitrogens with zero attached hydrogens (tertiary/aromatic N) is 6. The normalized spacial score (nSPS) is 14.6. The topological polar surface area (TPSA) is 68.4 Å². The molecule has 0 radical (unpaired) electrons. The van der Waals surface area contributed by atoms with Crippen LogP contribution in [0.15, 0.2) is 71.7 Å². The van der Waals surface area contributed by atoms with Crippen molar-refractivity contribution >= 4 is 16.7 Å². The molecule has 0 saturated carbocycles. The Bertz CT molecular complexity index is 1280. The smallest absolute Gasteiger partial charge is 0.297 e. The van der Waals surface area contributed by atoms with Crippen molar-refractivity contribution in [3.05, 3.63) is 83.0 Å². The van der Waals surface area contributed by atoms with E-state index in [4.69, 9.17) is 4.84 Å². The summed E-state index contributed by atoms with van der Waals surface area (Å²) in [7, 11) is 0. The Kier molecular flexibility index (Phi) is 6.58. The lowest BCUT2D eigenvalue weighted by Crippen LogP contribution is -2.46. The van der Waals surface area contributed by atoms with Crippen LogP contribution in [0.25, 0.3) is 16.7 Å². The molecule has 2 aromatic heterocycles. The van der Waals surface area contributed by atoms with Crippen molar-refractivity contribution in [3.63, 3.8) is 0 Å². The van der Waals surface area contributed by atoms with Crippen LogP contribution in [-0.4, -0.2) is 63.7 Å². The molecule has 0 N–H and O–H groups in total. The third kappa shape index (κ3) is 4.68. The van der Waals surface area contributed by atoms with Crippen molar-refractivity contribution in [2.24, 2.45) is 0 Å². The van der Waals surface area contributed by atoms with Crippen molar-refractivity contribution < 1.29 is 4.84 Å². The molecule has 176 valence electrons. The summed E-state index contributed by atoms with van der Waals surface area (Å²) < 4.78 is 2.99. The molecule has 1 aliphatic heterocycles. The van der Waals surface area contributed by atoms with Crippen molar-refractivity contribution in [1.82, 2.24) is 24.4 Å². The number of unbranched alkanes of at least 4 members (excludes halogenated alkanes) is 1. The van der Waals surface area contributed by atoms with Gasteiger partial charge in [0.25, 0.3) is 5.56 Å². The fourth-order valence-corrected chi connectivity index (χ4v) is 4.43. The molecule has 0 unspecified atom stereocenters. The van der Waals surface area contributed by atoms with Gasteiger partial charge in [0.05, 0.1) is 11.9 Å². The van der Waals surface area contributed by atoms with Crippen LogP contribution >= 0.6 is 0 Å². The van der Waals surface area contributed by atoms with Gasteiger partial charge in [-0.3, -0.25) is 9.69 Å². The largest absolute Gasteiger partial charge is 0.409 e. The highest BCUT2D eigenvalue weighted by molar-refractivity contribution is 5.75. The van der Waals surface area contributed by atoms with E-state index in [2.05, 4.69) is 50.2 Å². The van der Waals surface area contributed by atoms with Crippen LogP contribution < -0.4 is 15.3 Å². The fourth-order valence-electron chi connectivity index (χ4n) is 4.43. The second kappa shape index (κ2) is 10.1. The molecule has 5 rings (SSSR count). The summed E-state index contributed by atoms with van der Waals surface area (Å²) in [5, 5.41) is 4.82. The molecule has 0 bridgehead atoms. The van der Waals surface area contributed by atoms with Crippen LogP contribution in [0, 0.1) is 6.92 Å². The van der Waals surface area contributed by atoms with Crippen LogP contribution in [0.5, 0.6) is 0 Å². The molecule has 0 atom stereocenters. The molecule has 1 aliphatic rings. The first-order valence-electron chi connectivity index (χ1n) is 11.9. The van der Waals surface area contributed by atoms with Gasteiger partial charge in [0.1, 0.15) is 17.8 Å². The van der Waals surface area contributed by atoms with Gasteiger partial charge >= 0.3 is 0 Å². The first-order chi connectivity index (χ1) is 16.7. The van der Waals surface area contributed by atoms with Gasteiger partial charge in [0, 0.05) is 31.9 Å². The summed E-state index contributed by atoms with van der Waals surface area (Å²) in [6.45, 7) is 7.55. The molecule has 3 heterocycles. The minimum absolute atomic E-state index is 0.221. The summed E-state index contributed by atoms with van der Waals surface area (Å²) in [4.78, 5) is 28.4. The number of rotatable bonds is 8. The highest BCUT2D eigenvalue weighted by atomic mass is 16.7. The Morgan fingerprint density at radius 2 is 1.56 bits per heavy atom. The molecule has 0 spiro atoms. The van der Waals surface area contributed by atoms with E-state index in [1.54, 1.807) is 17.8 Å². The van der Waals surface area contributed by atoms with Gasteiger partial charge in [-0.1, -0.05) is 36.4 Å². The predicted octanol–water partition coefficient (Wildman–Crippen LogP) is 2.92. The van der Waals surface area contributed by atoms with E-state index in [1.807, 2.05) is 30.3 Å². The average Bonchev–Trinajstić information content (AvgIpc) is 3.31. The molecule has 1 fully saturated rings. The average molecular weight is 459 g/mol. The van der Waals surface area contributed by atoms with E-state index in [-0.39, 0.29) is 5.56 Å². The molecular weight excluding hydrogens is 428 g/mol. The van der Waals surface area contributed by atoms with Crippen molar-refractivity contribution in [2.75, 3.05) is 44.2 Å². The quantitative estimate of drug-likeness (QED) is 0.378. The number of para-hydroxylation sites is 2. The van der Waals surface area contributed by atoms with Gasteiger partial charge < -0.3 is 9.74 Å². The van der Waals surface area contributed by atoms with Gasteiger partial charge in [0.15, 0.2) is 5.65 Å². The lowest BCUT2D eigenvalue weighted by Gasteiger charge is -2.36. The maximum Gasteiger partial charge on any atom is 0.297 e. The summed E-state index contributed by atoms with van der Waals surface area (Å²) in [6.07, 6.45) is 3.47. The predicted molar refractivity (Wildman–Crippen MR) is 134 cm³/mol. The highest BCUT2D eigenvalue weighted by Crippen LogP contribution is 2.16. The second-order valence-corrected chi connectivity index (χ2v) is 8.59. The van der Waals surface area contributed by atoms with Crippen LogP contribution in [0.4, 0.5) is 5.69 Å². The first kappa shape index (κ1) is 22.2. The molecule has 34 heavy (non-hydrogen) atoms. The Morgan fingerprint density at radius 1 is 0.882 bits per heavy atom. The molecule has 8 nitrogen and oxygen atoms in total. The molecule has 0 aliphatic carbocycles. The molecular formula is C26H30N6O2. The van der Waals surface area contributed by atoms with E-state index in [9.17, 15) is 4.79 Å². The first-order valence-corrected chi connectivity index (χ1v) is 11.9. The number of aromatic nitrogens is 4. The van der Waals surface area contributed by atoms with Gasteiger partial charge in [0.2, 0.25) is 0 Å². The minimum Gasteiger partial charge on any atom is -0.409 e. The standard InChI is InChI=1S/C26H30N6O2/c1-21-28-25-24(20-27-31(25)23-12-6-3-7-13-23)26(33)32(21)34-19-9-8-14-29-15-17-30(18-16-29)22-10-4-2-5-11-22/h2-7,10-13,20H,8-9,14-19H2,1H3. The van der Waals surface area contributed by atoms with Crippen molar-refractivity contribution in [3.8, 4) is 5.69 Å². The van der Waals surface area contributed by atoms with E-state index in [0.29, 0.717) is 23.5 Å². The highest BCUT2D eigenvalue weighted by Gasteiger charge is 2.17. The molecule has 8 heteroatoms. The van der Waals surface area contributed by atoms with Gasteiger partial charge in [-0.2, -0.15) is 5.10 Å². The number of aryl methyl sites for hydroxylation is 1. The fraction of sp³-hybridized carbons (Fsp3) is 0.346. The van der Waals surface area contributed by atoms with Crippen LogP contribution in [0.1, 0.15) is 18.7 Å². The zero-order valence-electron chi connectivity index (χ0n) is 19.5. The number of benzene rings is 2. The minimum atomic E-state index is -0.221. The van der Waals surface area contributed by atoms with E-state index in [1.165, 1.54) is 10.4 Å². The summed E-state index contributed by atoms with van der Waals surface area (Å²) in [5.41, 5.74) is 2.49. The summed E-state index contributed by atoms with van der Waals surface area (Å²) >= 11 is 0. The molecule has 2 aromatic carbocycles. The zero-order valence-corrected chi connectivity index (χ0v) is 19.5. The Hall–Kier alpha value is -3.65. The number of hydrogen-bond acceptors (Lipinski definition) is 6. The second-order valence-electron chi connectivity index (χ2n) is 8.59. The van der Waals surface area contributed by atoms with Crippen LogP contribution in [0.3, 0.4) is 0 Å². The maximum atomic E-state index is 13.0. The van der Waals surface area contributed by atoms with Crippen LogP contribution in [-0.2, 0) is 0 Å². The molecule has 4 aromatic rings. The Balaban J connectivity index is 1.12. The third-order valence-corrected chi connectivity index (χ3v) is 6.30. The zero-order chi connectivity index (χ0) is 23.3. The molecule has 0 amide bonds. The lowest BCUT2D eigenvalue weighted by atomic mass is 10.2. The Morgan fingerprint density at radius 3 is 2.26 bits per heavy atom. The van der Waals surface area contributed by atoms with Crippen molar-refractivity contribution in [1.29, 1.82) is 0 Å². The molecule has 1 saturated heterocycles. The summed E-state index contributed by atoms with van der Waals surface area (Å²) in [5.74, 6) is 0.521. The van der Waals surface area contributed by atoms with E-state index in [0.717, 1.165) is 51.3 Å². The van der Waals surface area contributed by atoms with Crippen LogP contribution in [0.2, 0.25) is 0 Å². The monoisotopic (exact) mass is 458 g/mol. The number of fused-ring (bicyclic) bond motifs is 1. The van der Waals surface area contributed by atoms with E-state index < -0.39 is 0 Å². The van der Waals surface area contributed by atoms with Gasteiger partial charge in [-0.15, -0.1) is 4.73 Å².